The molecule has 0 saturated heterocycles. The highest BCUT2D eigenvalue weighted by Crippen LogP contribution is 2.21. The molecule has 0 aliphatic carbocycles. The van der Waals surface area contributed by atoms with Crippen LogP contribution >= 0.6 is 0 Å². The molecule has 31 heavy (non-hydrogen) atoms. The molecule has 0 saturated carbocycles. The van der Waals surface area contributed by atoms with Crippen LogP contribution in [0.25, 0.3) is 0 Å². The third-order valence-corrected chi connectivity index (χ3v) is 5.09. The number of hydrogen-bond acceptors (Lipinski definition) is 3. The molecule has 0 unspecified atom stereocenters. The summed E-state index contributed by atoms with van der Waals surface area (Å²) in [6.07, 6.45) is 6.78. The van der Waals surface area contributed by atoms with Gasteiger partial charge in [-0.05, 0) is 29.5 Å². The van der Waals surface area contributed by atoms with E-state index in [1.54, 1.807) is 0 Å². The summed E-state index contributed by atoms with van der Waals surface area (Å²) in [5, 5.41) is 0. The molecule has 3 heteroatoms. The van der Waals surface area contributed by atoms with E-state index >= 15 is 0 Å². The van der Waals surface area contributed by atoms with Crippen molar-refractivity contribution in [1.82, 2.24) is 0 Å². The van der Waals surface area contributed by atoms with E-state index in [-0.39, 0.29) is 13.2 Å². The van der Waals surface area contributed by atoms with E-state index in [4.69, 9.17) is 9.47 Å². The average Bonchev–Trinajstić information content (AvgIpc) is 2.83. The molecule has 160 valence electrons. The zero-order valence-electron chi connectivity index (χ0n) is 17.9. The maximum absolute atomic E-state index is 12.2. The Bertz CT molecular complexity index is 859. The molecule has 0 radical (unpaired) electrons. The number of hydrogen-bond donors (Lipinski definition) is 0. The highest BCUT2D eigenvalue weighted by atomic mass is 16.5. The van der Waals surface area contributed by atoms with Crippen molar-refractivity contribution < 1.29 is 14.3 Å². The van der Waals surface area contributed by atoms with Gasteiger partial charge in [0.1, 0.15) is 6.29 Å². The normalized spacial score (nSPS) is 11.6. The first kappa shape index (κ1) is 22.7. The molecular weight excluding hydrogens is 384 g/mol. The van der Waals surface area contributed by atoms with Crippen LogP contribution in [0.2, 0.25) is 0 Å². The number of aldehydes is 1. The highest BCUT2D eigenvalue weighted by Gasteiger charge is 2.28. The Kier molecular flexibility index (Phi) is 9.24. The third-order valence-electron chi connectivity index (χ3n) is 5.09. The standard InChI is InChI=1S/C28H30O3/c29-22-28(23-30-20-26-15-6-2-7-16-26,24-31-21-27-17-8-3-9-18-27)19-11-10-14-25-12-4-1-5-13-25/h1-9,11-13,15-19,22H,10,14,20-21,23-24H2. The molecule has 3 nitrogen and oxygen atoms in total. The van der Waals surface area contributed by atoms with Gasteiger partial charge in [0.2, 0.25) is 0 Å². The lowest BCUT2D eigenvalue weighted by molar-refractivity contribution is -0.121. The molecule has 0 heterocycles. The van der Waals surface area contributed by atoms with E-state index in [9.17, 15) is 4.79 Å². The number of allylic oxidation sites excluding steroid dienone is 1. The summed E-state index contributed by atoms with van der Waals surface area (Å²) in [4.78, 5) is 12.2. The minimum Gasteiger partial charge on any atom is -0.375 e. The van der Waals surface area contributed by atoms with Crippen molar-refractivity contribution in [3.8, 4) is 0 Å². The van der Waals surface area contributed by atoms with Crippen LogP contribution in [0.5, 0.6) is 0 Å². The lowest BCUT2D eigenvalue weighted by Crippen LogP contribution is -2.32. The SMILES string of the molecule is O=CC(C=CCCc1ccccc1)(COCc1ccccc1)COCc1ccccc1. The molecule has 0 aliphatic heterocycles. The van der Waals surface area contributed by atoms with E-state index in [1.165, 1.54) is 5.56 Å². The first-order valence-corrected chi connectivity index (χ1v) is 10.7. The van der Waals surface area contributed by atoms with E-state index in [2.05, 4.69) is 18.2 Å². The molecule has 0 aliphatic rings. The van der Waals surface area contributed by atoms with Crippen LogP contribution in [0.1, 0.15) is 23.1 Å². The van der Waals surface area contributed by atoms with Crippen LogP contribution in [-0.2, 0) is 33.9 Å². The van der Waals surface area contributed by atoms with Crippen molar-refractivity contribution in [3.63, 3.8) is 0 Å². The summed E-state index contributed by atoms with van der Waals surface area (Å²) < 4.78 is 11.9. The number of carbonyl (C=O) groups is 1. The van der Waals surface area contributed by atoms with E-state index < -0.39 is 5.41 Å². The van der Waals surface area contributed by atoms with Gasteiger partial charge < -0.3 is 14.3 Å². The van der Waals surface area contributed by atoms with Gasteiger partial charge in [-0.2, -0.15) is 0 Å². The van der Waals surface area contributed by atoms with E-state index in [0.29, 0.717) is 13.2 Å². The quantitative estimate of drug-likeness (QED) is 0.262. The Labute approximate surface area is 185 Å². The zero-order chi connectivity index (χ0) is 21.6. The van der Waals surface area contributed by atoms with Crippen LogP contribution in [0.15, 0.2) is 103 Å². The number of benzene rings is 3. The Morgan fingerprint density at radius 2 is 1.10 bits per heavy atom. The zero-order valence-corrected chi connectivity index (χ0v) is 17.9. The van der Waals surface area contributed by atoms with Crippen LogP contribution in [0.4, 0.5) is 0 Å². The van der Waals surface area contributed by atoms with Gasteiger partial charge >= 0.3 is 0 Å². The second-order valence-corrected chi connectivity index (χ2v) is 7.73. The molecule has 3 aromatic carbocycles. The summed E-state index contributed by atoms with van der Waals surface area (Å²) in [5.41, 5.74) is 2.64. The number of rotatable bonds is 13. The fraction of sp³-hybridized carbons (Fsp3) is 0.250. The fourth-order valence-electron chi connectivity index (χ4n) is 3.32. The maximum atomic E-state index is 12.2. The predicted molar refractivity (Wildman–Crippen MR) is 125 cm³/mol. The molecule has 3 rings (SSSR count). The van der Waals surface area contributed by atoms with Gasteiger partial charge in [0.05, 0.1) is 31.8 Å². The molecule has 0 bridgehead atoms. The molecule has 0 amide bonds. The van der Waals surface area contributed by atoms with Gasteiger partial charge in [-0.25, -0.2) is 0 Å². The summed E-state index contributed by atoms with van der Waals surface area (Å²) in [6, 6.07) is 30.3. The van der Waals surface area contributed by atoms with Gasteiger partial charge in [0.15, 0.2) is 0 Å². The Morgan fingerprint density at radius 3 is 1.55 bits per heavy atom. The van der Waals surface area contributed by atoms with Crippen LogP contribution < -0.4 is 0 Å². The first-order chi connectivity index (χ1) is 15.3. The Balaban J connectivity index is 1.59. The average molecular weight is 415 g/mol. The maximum Gasteiger partial charge on any atom is 0.134 e. The summed E-state index contributed by atoms with van der Waals surface area (Å²) in [6.45, 7) is 1.49. The summed E-state index contributed by atoms with van der Waals surface area (Å²) in [5.74, 6) is 0. The number of aryl methyl sites for hydroxylation is 1. The lowest BCUT2D eigenvalue weighted by Gasteiger charge is -2.24. The van der Waals surface area contributed by atoms with Crippen molar-refractivity contribution in [1.29, 1.82) is 0 Å². The topological polar surface area (TPSA) is 35.5 Å². The summed E-state index contributed by atoms with van der Waals surface area (Å²) >= 11 is 0. The monoisotopic (exact) mass is 414 g/mol. The second-order valence-electron chi connectivity index (χ2n) is 7.73. The van der Waals surface area contributed by atoms with E-state index in [1.807, 2.05) is 84.9 Å². The number of carbonyl (C=O) groups excluding carboxylic acids is 1. The fourth-order valence-corrected chi connectivity index (χ4v) is 3.32. The Morgan fingerprint density at radius 1 is 0.645 bits per heavy atom. The van der Waals surface area contributed by atoms with Gasteiger partial charge in [-0.1, -0.05) is 103 Å². The van der Waals surface area contributed by atoms with Gasteiger partial charge in [-0.3, -0.25) is 0 Å². The minimum atomic E-state index is -0.805. The Hall–Kier alpha value is -3.01. The predicted octanol–water partition coefficient (Wildman–Crippen LogP) is 5.79. The molecule has 0 spiro atoms. The van der Waals surface area contributed by atoms with Gasteiger partial charge in [0, 0.05) is 0 Å². The van der Waals surface area contributed by atoms with Crippen LogP contribution in [-0.4, -0.2) is 19.5 Å². The molecule has 0 N–H and O–H groups in total. The highest BCUT2D eigenvalue weighted by molar-refractivity contribution is 5.63. The first-order valence-electron chi connectivity index (χ1n) is 10.7. The van der Waals surface area contributed by atoms with Gasteiger partial charge in [0.25, 0.3) is 0 Å². The largest absolute Gasteiger partial charge is 0.375 e. The van der Waals surface area contributed by atoms with Crippen molar-refractivity contribution in [2.24, 2.45) is 5.41 Å². The van der Waals surface area contributed by atoms with Crippen molar-refractivity contribution in [2.45, 2.75) is 26.1 Å². The van der Waals surface area contributed by atoms with Crippen molar-refractivity contribution in [2.75, 3.05) is 13.2 Å². The van der Waals surface area contributed by atoms with Crippen LogP contribution in [0, 0.1) is 5.41 Å². The number of ether oxygens (including phenoxy) is 2. The van der Waals surface area contributed by atoms with Crippen LogP contribution in [0.3, 0.4) is 0 Å². The molecule has 0 aromatic heterocycles. The molecule has 0 atom stereocenters. The van der Waals surface area contributed by atoms with Crippen molar-refractivity contribution in [3.05, 3.63) is 120 Å². The molecule has 0 fully saturated rings. The second kappa shape index (κ2) is 12.6. The third kappa shape index (κ3) is 7.97. The summed E-state index contributed by atoms with van der Waals surface area (Å²) in [7, 11) is 0. The molecular formula is C28H30O3. The lowest BCUT2D eigenvalue weighted by atomic mass is 9.90. The smallest absolute Gasteiger partial charge is 0.134 e. The minimum absolute atomic E-state index is 0.280. The van der Waals surface area contributed by atoms with Crippen molar-refractivity contribution >= 4 is 6.29 Å². The molecule has 3 aromatic rings. The van der Waals surface area contributed by atoms with Gasteiger partial charge in [-0.15, -0.1) is 0 Å². The van der Waals surface area contributed by atoms with E-state index in [0.717, 1.165) is 30.3 Å².